The minimum atomic E-state index is -0.0466. The van der Waals surface area contributed by atoms with Gasteiger partial charge in [-0.15, -0.1) is 0 Å². The Hall–Kier alpha value is -1.88. The van der Waals surface area contributed by atoms with Gasteiger partial charge in [0.2, 0.25) is 11.8 Å². The second kappa shape index (κ2) is 10.0. The lowest BCUT2D eigenvalue weighted by Crippen LogP contribution is -2.34. The van der Waals surface area contributed by atoms with E-state index in [9.17, 15) is 9.59 Å². The molecule has 0 aliphatic rings. The van der Waals surface area contributed by atoms with Crippen molar-refractivity contribution in [2.24, 2.45) is 0 Å². The van der Waals surface area contributed by atoms with E-state index in [1.54, 1.807) is 4.90 Å². The third-order valence-electron chi connectivity index (χ3n) is 3.70. The van der Waals surface area contributed by atoms with Crippen molar-refractivity contribution in [3.05, 3.63) is 29.8 Å². The summed E-state index contributed by atoms with van der Waals surface area (Å²) >= 11 is 0. The molecule has 0 aliphatic carbocycles. The summed E-state index contributed by atoms with van der Waals surface area (Å²) < 4.78 is 0. The molecule has 1 aromatic rings. The maximum absolute atomic E-state index is 11.9. The van der Waals surface area contributed by atoms with Crippen LogP contribution in [-0.2, 0) is 16.0 Å². The standard InChI is InChI=1S/C18H29N3O2/c1-5-16-7-9-17(10-8-16)21(15(2)22)14-11-18(23)19-12-6-13-20(3)4/h7-10H,5-6,11-14H2,1-4H3,(H,19,23). The second-order valence-corrected chi connectivity index (χ2v) is 5.95. The highest BCUT2D eigenvalue weighted by molar-refractivity contribution is 5.92. The van der Waals surface area contributed by atoms with E-state index < -0.39 is 0 Å². The second-order valence-electron chi connectivity index (χ2n) is 5.95. The van der Waals surface area contributed by atoms with Gasteiger partial charge in [-0.05, 0) is 51.2 Å². The van der Waals surface area contributed by atoms with Gasteiger partial charge in [-0.25, -0.2) is 0 Å². The van der Waals surface area contributed by atoms with E-state index in [2.05, 4.69) is 17.1 Å². The maximum atomic E-state index is 11.9. The molecule has 2 amide bonds. The summed E-state index contributed by atoms with van der Waals surface area (Å²) in [5.41, 5.74) is 2.07. The Kier molecular flexibility index (Phi) is 8.33. The normalized spacial score (nSPS) is 10.7. The van der Waals surface area contributed by atoms with Crippen molar-refractivity contribution in [2.45, 2.75) is 33.1 Å². The number of aryl methyl sites for hydroxylation is 1. The predicted octanol–water partition coefficient (Wildman–Crippen LogP) is 2.06. The Labute approximate surface area is 139 Å². The van der Waals surface area contributed by atoms with Gasteiger partial charge in [-0.2, -0.15) is 0 Å². The van der Waals surface area contributed by atoms with E-state index in [1.165, 1.54) is 12.5 Å². The molecule has 5 heteroatoms. The van der Waals surface area contributed by atoms with Crippen molar-refractivity contribution in [1.29, 1.82) is 0 Å². The number of amides is 2. The van der Waals surface area contributed by atoms with Crippen LogP contribution in [0.5, 0.6) is 0 Å². The molecule has 0 radical (unpaired) electrons. The molecule has 0 unspecified atom stereocenters. The van der Waals surface area contributed by atoms with E-state index >= 15 is 0 Å². The monoisotopic (exact) mass is 319 g/mol. The zero-order valence-corrected chi connectivity index (χ0v) is 14.8. The first kappa shape index (κ1) is 19.2. The van der Waals surface area contributed by atoms with Gasteiger partial charge in [0.25, 0.3) is 0 Å². The van der Waals surface area contributed by atoms with Gasteiger partial charge in [-0.3, -0.25) is 9.59 Å². The van der Waals surface area contributed by atoms with Crippen LogP contribution in [0.4, 0.5) is 5.69 Å². The number of nitrogens with zero attached hydrogens (tertiary/aromatic N) is 2. The summed E-state index contributed by atoms with van der Waals surface area (Å²) in [7, 11) is 4.02. The first-order valence-corrected chi connectivity index (χ1v) is 8.22. The number of anilines is 1. The van der Waals surface area contributed by atoms with Crippen molar-refractivity contribution in [2.75, 3.05) is 38.6 Å². The molecule has 0 fully saturated rings. The molecule has 0 aromatic heterocycles. The third kappa shape index (κ3) is 7.28. The van der Waals surface area contributed by atoms with E-state index in [1.807, 2.05) is 38.4 Å². The third-order valence-corrected chi connectivity index (χ3v) is 3.70. The Morgan fingerprint density at radius 3 is 2.26 bits per heavy atom. The van der Waals surface area contributed by atoms with Crippen LogP contribution in [0.2, 0.25) is 0 Å². The quantitative estimate of drug-likeness (QED) is 0.709. The maximum Gasteiger partial charge on any atom is 0.223 e. The highest BCUT2D eigenvalue weighted by Crippen LogP contribution is 2.16. The van der Waals surface area contributed by atoms with Crippen molar-refractivity contribution in [3.8, 4) is 0 Å². The van der Waals surface area contributed by atoms with Gasteiger partial charge >= 0.3 is 0 Å². The first-order chi connectivity index (χ1) is 10.9. The van der Waals surface area contributed by atoms with E-state index in [-0.39, 0.29) is 11.8 Å². The van der Waals surface area contributed by atoms with E-state index in [4.69, 9.17) is 0 Å². The number of nitrogens with one attached hydrogen (secondary N) is 1. The van der Waals surface area contributed by atoms with Gasteiger partial charge < -0.3 is 15.1 Å². The molecule has 1 N–H and O–H groups in total. The topological polar surface area (TPSA) is 52.7 Å². The summed E-state index contributed by atoms with van der Waals surface area (Å²) in [4.78, 5) is 27.5. The molecule has 1 rings (SSSR count). The molecular formula is C18H29N3O2. The van der Waals surface area contributed by atoms with Crippen LogP contribution in [0.15, 0.2) is 24.3 Å². The Bertz CT molecular complexity index is 497. The Balaban J connectivity index is 2.46. The zero-order valence-electron chi connectivity index (χ0n) is 14.8. The Morgan fingerprint density at radius 2 is 1.74 bits per heavy atom. The molecule has 0 saturated carbocycles. The number of hydrogen-bond acceptors (Lipinski definition) is 3. The van der Waals surface area contributed by atoms with Crippen molar-refractivity contribution in [1.82, 2.24) is 10.2 Å². The predicted molar refractivity (Wildman–Crippen MR) is 94.6 cm³/mol. The molecule has 0 bridgehead atoms. The average Bonchev–Trinajstić information content (AvgIpc) is 2.52. The van der Waals surface area contributed by atoms with Gasteiger partial charge in [0, 0.05) is 32.1 Å². The largest absolute Gasteiger partial charge is 0.356 e. The fraction of sp³-hybridized carbons (Fsp3) is 0.556. The number of benzene rings is 1. The first-order valence-electron chi connectivity index (χ1n) is 8.22. The molecule has 1 aromatic carbocycles. The summed E-state index contributed by atoms with van der Waals surface area (Å²) in [5, 5.41) is 2.90. The van der Waals surface area contributed by atoms with Crippen molar-refractivity contribution in [3.63, 3.8) is 0 Å². The average molecular weight is 319 g/mol. The highest BCUT2D eigenvalue weighted by Gasteiger charge is 2.13. The number of carbonyl (C=O) groups excluding carboxylic acids is 2. The van der Waals surface area contributed by atoms with Crippen LogP contribution >= 0.6 is 0 Å². The van der Waals surface area contributed by atoms with Gasteiger partial charge in [-0.1, -0.05) is 19.1 Å². The van der Waals surface area contributed by atoms with Crippen LogP contribution < -0.4 is 10.2 Å². The lowest BCUT2D eigenvalue weighted by atomic mass is 10.1. The minimum absolute atomic E-state index is 0.0137. The van der Waals surface area contributed by atoms with Crippen LogP contribution in [0.25, 0.3) is 0 Å². The SMILES string of the molecule is CCc1ccc(N(CCC(=O)NCCCN(C)C)C(C)=O)cc1. The van der Waals surface area contributed by atoms with Crippen LogP contribution in [0.3, 0.4) is 0 Å². The summed E-state index contributed by atoms with van der Waals surface area (Å²) in [5.74, 6) is -0.0603. The van der Waals surface area contributed by atoms with Crippen molar-refractivity contribution >= 4 is 17.5 Å². The molecule has 23 heavy (non-hydrogen) atoms. The lowest BCUT2D eigenvalue weighted by molar-refractivity contribution is -0.121. The molecule has 0 heterocycles. The van der Waals surface area contributed by atoms with Gasteiger partial charge in [0.1, 0.15) is 0 Å². The molecule has 0 spiro atoms. The van der Waals surface area contributed by atoms with Crippen LogP contribution in [0.1, 0.15) is 32.3 Å². The number of carbonyl (C=O) groups is 2. The number of hydrogen-bond donors (Lipinski definition) is 1. The summed E-state index contributed by atoms with van der Waals surface area (Å²) in [6.07, 6.45) is 2.21. The van der Waals surface area contributed by atoms with Crippen LogP contribution in [-0.4, -0.2) is 50.4 Å². The van der Waals surface area contributed by atoms with Crippen LogP contribution in [0, 0.1) is 0 Å². The molecular weight excluding hydrogens is 290 g/mol. The molecule has 0 saturated heterocycles. The number of rotatable bonds is 9. The molecule has 5 nitrogen and oxygen atoms in total. The molecule has 128 valence electrons. The fourth-order valence-corrected chi connectivity index (χ4v) is 2.30. The van der Waals surface area contributed by atoms with E-state index in [0.29, 0.717) is 19.5 Å². The Morgan fingerprint density at radius 1 is 1.09 bits per heavy atom. The lowest BCUT2D eigenvalue weighted by Gasteiger charge is -2.21. The van der Waals surface area contributed by atoms with Gasteiger partial charge in [0.05, 0.1) is 0 Å². The molecule has 0 aliphatic heterocycles. The van der Waals surface area contributed by atoms with Gasteiger partial charge in [0.15, 0.2) is 0 Å². The molecule has 0 atom stereocenters. The summed E-state index contributed by atoms with van der Waals surface area (Å²) in [6.45, 7) is 5.65. The minimum Gasteiger partial charge on any atom is -0.356 e. The summed E-state index contributed by atoms with van der Waals surface area (Å²) in [6, 6.07) is 7.92. The zero-order chi connectivity index (χ0) is 17.2. The fourth-order valence-electron chi connectivity index (χ4n) is 2.30. The van der Waals surface area contributed by atoms with E-state index in [0.717, 1.165) is 25.1 Å². The smallest absolute Gasteiger partial charge is 0.223 e. The van der Waals surface area contributed by atoms with Crippen molar-refractivity contribution < 1.29 is 9.59 Å². The highest BCUT2D eigenvalue weighted by atomic mass is 16.2.